The minimum Gasteiger partial charge on any atom is -0.345 e. The summed E-state index contributed by atoms with van der Waals surface area (Å²) in [5.41, 5.74) is 1.18. The van der Waals surface area contributed by atoms with E-state index in [2.05, 4.69) is 46.1 Å². The molecule has 0 bridgehead atoms. The molecule has 6 atom stereocenters. The third kappa shape index (κ3) is 12.3. The lowest BCUT2D eigenvalue weighted by atomic mass is 10.0. The monoisotopic (exact) mass is 785 g/mol. The van der Waals surface area contributed by atoms with Crippen LogP contribution in [0.2, 0.25) is 20.1 Å². The number of benzene rings is 2. The predicted molar refractivity (Wildman–Crippen MR) is 204 cm³/mol. The highest BCUT2D eigenvalue weighted by Crippen LogP contribution is 2.50. The molecule has 264 valence electrons. The van der Waals surface area contributed by atoms with Gasteiger partial charge in [-0.05, 0) is 48.2 Å². The van der Waals surface area contributed by atoms with Gasteiger partial charge in [-0.1, -0.05) is 111 Å². The van der Waals surface area contributed by atoms with Crippen LogP contribution in [0, 0.1) is 10.1 Å². The fraction of sp³-hybridized carbons (Fsp3) is 0.353. The molecule has 0 aliphatic heterocycles. The molecule has 0 aliphatic rings. The van der Waals surface area contributed by atoms with E-state index in [-0.39, 0.29) is 33.5 Å². The number of aromatic nitrogens is 4. The van der Waals surface area contributed by atoms with Crippen molar-refractivity contribution < 1.29 is 15.0 Å². The van der Waals surface area contributed by atoms with Crippen molar-refractivity contribution in [1.82, 2.24) is 19.1 Å². The smallest absolute Gasteiger partial charge is 0.291 e. The summed E-state index contributed by atoms with van der Waals surface area (Å²) in [6.45, 7) is 12.7. The Hall–Kier alpha value is -2.64. The number of ether oxygens (including phenoxy) is 1. The second-order valence-electron chi connectivity index (χ2n) is 10.8. The van der Waals surface area contributed by atoms with Gasteiger partial charge in [0.2, 0.25) is 0 Å². The van der Waals surface area contributed by atoms with E-state index >= 15 is 0 Å². The maximum Gasteiger partial charge on any atom is 0.291 e. The van der Waals surface area contributed by atoms with Crippen LogP contribution in [0.1, 0.15) is 73.2 Å². The summed E-state index contributed by atoms with van der Waals surface area (Å²) in [6, 6.07) is 11.5. The molecule has 2 aromatic heterocycles. The summed E-state index contributed by atoms with van der Waals surface area (Å²) in [5, 5.41) is 15.9. The van der Waals surface area contributed by atoms with Crippen molar-refractivity contribution in [2.24, 2.45) is 0 Å². The molecular formula is C34H39Cl4N5O4S2. The number of imidazole rings is 2. The zero-order valence-electron chi connectivity index (χ0n) is 27.0. The summed E-state index contributed by atoms with van der Waals surface area (Å²) < 4.78 is 11.1. The molecule has 0 fully saturated rings. The SMILES string of the molecule is C=CC(OC(C=C)SC(c1ccc(Cl)cc1Cl)C(CCC)n1ccnc1)SC(c1ccc(Cl)cc1Cl)C(CCC)n1ccnc1.O=[N+]([O-])O. The van der Waals surface area contributed by atoms with E-state index in [1.807, 2.05) is 61.5 Å². The quantitative estimate of drug-likeness (QED) is 0.0460. The molecule has 2 aromatic carbocycles. The Labute approximate surface area is 315 Å². The summed E-state index contributed by atoms with van der Waals surface area (Å²) >= 11 is 29.6. The fourth-order valence-electron chi connectivity index (χ4n) is 5.35. The minimum atomic E-state index is -1.50. The van der Waals surface area contributed by atoms with Crippen molar-refractivity contribution in [2.45, 2.75) is 73.0 Å². The molecular weight excluding hydrogens is 748 g/mol. The van der Waals surface area contributed by atoms with E-state index in [0.29, 0.717) is 20.1 Å². The lowest BCUT2D eigenvalue weighted by Gasteiger charge is -2.34. The number of nitrogens with zero attached hydrogens (tertiary/aromatic N) is 5. The highest BCUT2D eigenvalue weighted by atomic mass is 35.5. The molecule has 4 aromatic rings. The van der Waals surface area contributed by atoms with Gasteiger partial charge in [-0.3, -0.25) is 0 Å². The molecule has 9 nitrogen and oxygen atoms in total. The maximum absolute atomic E-state index is 8.36. The third-order valence-corrected chi connectivity index (χ3v) is 11.4. The van der Waals surface area contributed by atoms with Crippen LogP contribution < -0.4 is 0 Å². The second kappa shape index (κ2) is 20.9. The third-order valence-electron chi connectivity index (χ3n) is 7.44. The van der Waals surface area contributed by atoms with Crippen molar-refractivity contribution in [1.29, 1.82) is 0 Å². The highest BCUT2D eigenvalue weighted by Gasteiger charge is 2.33. The number of halogens is 4. The first-order valence-corrected chi connectivity index (χ1v) is 18.8. The Morgan fingerprint density at radius 1 is 0.837 bits per heavy atom. The van der Waals surface area contributed by atoms with Gasteiger partial charge in [0.25, 0.3) is 5.09 Å². The van der Waals surface area contributed by atoms with Crippen LogP contribution in [0.25, 0.3) is 0 Å². The summed E-state index contributed by atoms with van der Waals surface area (Å²) in [5.74, 6) is 0. The molecule has 0 spiro atoms. The van der Waals surface area contributed by atoms with E-state index in [9.17, 15) is 0 Å². The molecule has 0 aliphatic carbocycles. The summed E-state index contributed by atoms with van der Waals surface area (Å²) in [4.78, 5) is 17.0. The standard InChI is InChI=1S/C34H38Cl4N4OS2.HNO3/c1-5-9-29(41-17-15-39-21-41)33(25-13-11-23(35)19-27(25)37)44-31(7-3)43-32(8-4)45-34(26-14-12-24(36)20-28(26)38)30(10-6-2)42-18-16-40-22-42;2-1(3)4/h7-8,11-22,29-34H,3-6,9-10H2,1-2H3;(H,2,3,4). The van der Waals surface area contributed by atoms with Gasteiger partial charge >= 0.3 is 0 Å². The minimum absolute atomic E-state index is 0.0675. The summed E-state index contributed by atoms with van der Waals surface area (Å²) in [7, 11) is 0. The Kier molecular flexibility index (Phi) is 17.4. The molecule has 2 heterocycles. The van der Waals surface area contributed by atoms with E-state index < -0.39 is 5.09 Å². The highest BCUT2D eigenvalue weighted by molar-refractivity contribution is 8.01. The Balaban J connectivity index is 0.00000154. The predicted octanol–water partition coefficient (Wildman–Crippen LogP) is 11.7. The van der Waals surface area contributed by atoms with Crippen molar-refractivity contribution >= 4 is 69.9 Å². The van der Waals surface area contributed by atoms with E-state index in [4.69, 9.17) is 66.5 Å². The first-order chi connectivity index (χ1) is 23.5. The van der Waals surface area contributed by atoms with Crippen molar-refractivity contribution in [3.05, 3.63) is 140 Å². The maximum atomic E-state index is 8.36. The lowest BCUT2D eigenvalue weighted by Crippen LogP contribution is -2.23. The van der Waals surface area contributed by atoms with Gasteiger partial charge in [-0.2, -0.15) is 0 Å². The molecule has 0 radical (unpaired) electrons. The van der Waals surface area contributed by atoms with Crippen molar-refractivity contribution in [3.8, 4) is 0 Å². The largest absolute Gasteiger partial charge is 0.345 e. The van der Waals surface area contributed by atoms with Gasteiger partial charge in [0.1, 0.15) is 10.9 Å². The van der Waals surface area contributed by atoms with E-state index in [1.165, 1.54) is 0 Å². The van der Waals surface area contributed by atoms with Gasteiger partial charge in [-0.25, -0.2) is 9.97 Å². The van der Waals surface area contributed by atoms with Gasteiger partial charge < -0.3 is 19.1 Å². The van der Waals surface area contributed by atoms with Gasteiger partial charge in [0.15, 0.2) is 0 Å². The summed E-state index contributed by atoms with van der Waals surface area (Å²) in [6.07, 6.45) is 18.8. The van der Waals surface area contributed by atoms with Crippen LogP contribution in [-0.4, -0.2) is 40.3 Å². The van der Waals surface area contributed by atoms with Crippen LogP contribution in [0.4, 0.5) is 0 Å². The molecule has 0 amide bonds. The van der Waals surface area contributed by atoms with Gasteiger partial charge in [0.05, 0.1) is 35.2 Å². The fourth-order valence-corrected chi connectivity index (χ4v) is 9.39. The van der Waals surface area contributed by atoms with Crippen molar-refractivity contribution in [3.63, 3.8) is 0 Å². The Bertz CT molecular complexity index is 1500. The number of rotatable bonds is 18. The van der Waals surface area contributed by atoms with Crippen LogP contribution in [0.15, 0.2) is 99.2 Å². The zero-order valence-corrected chi connectivity index (χ0v) is 31.7. The van der Waals surface area contributed by atoms with Crippen LogP contribution >= 0.6 is 69.9 Å². The molecule has 1 N–H and O–H groups in total. The van der Waals surface area contributed by atoms with Crippen LogP contribution in [0.3, 0.4) is 0 Å². The average Bonchev–Trinajstić information content (AvgIpc) is 3.79. The first kappa shape index (κ1) is 40.8. The Morgan fingerprint density at radius 2 is 1.22 bits per heavy atom. The molecule has 4 rings (SSSR count). The van der Waals surface area contributed by atoms with Crippen LogP contribution in [0.5, 0.6) is 0 Å². The number of hydrogen-bond donors (Lipinski definition) is 1. The number of thioether (sulfide) groups is 2. The van der Waals surface area contributed by atoms with E-state index in [1.54, 1.807) is 48.1 Å². The second-order valence-corrected chi connectivity index (χ2v) is 14.9. The topological polar surface area (TPSA) is 108 Å². The van der Waals surface area contributed by atoms with E-state index in [0.717, 1.165) is 36.8 Å². The lowest BCUT2D eigenvalue weighted by molar-refractivity contribution is -0.742. The van der Waals surface area contributed by atoms with Crippen LogP contribution in [-0.2, 0) is 4.74 Å². The molecule has 0 saturated heterocycles. The molecule has 49 heavy (non-hydrogen) atoms. The zero-order chi connectivity index (χ0) is 35.9. The van der Waals surface area contributed by atoms with Crippen molar-refractivity contribution in [2.75, 3.05) is 0 Å². The molecule has 15 heteroatoms. The van der Waals surface area contributed by atoms with Gasteiger partial charge in [0, 0.05) is 44.9 Å². The average molecular weight is 788 g/mol. The molecule has 0 saturated carbocycles. The first-order valence-electron chi connectivity index (χ1n) is 15.4. The number of hydrogen-bond acceptors (Lipinski definition) is 7. The molecule has 6 unspecified atom stereocenters. The Morgan fingerprint density at radius 3 is 1.51 bits per heavy atom. The van der Waals surface area contributed by atoms with Gasteiger partial charge in [-0.15, -0.1) is 33.6 Å². The normalized spacial score (nSPS) is 14.8.